The summed E-state index contributed by atoms with van der Waals surface area (Å²) in [6.45, 7) is 0.717. The van der Waals surface area contributed by atoms with Crippen molar-refractivity contribution >= 4 is 11.6 Å². The number of aryl methyl sites for hydroxylation is 1. The van der Waals surface area contributed by atoms with Gasteiger partial charge in [-0.15, -0.1) is 0 Å². The minimum absolute atomic E-state index is 0.0213. The Morgan fingerprint density at radius 2 is 2.50 bits per heavy atom. The summed E-state index contributed by atoms with van der Waals surface area (Å²) < 4.78 is 7.17. The van der Waals surface area contributed by atoms with E-state index in [-0.39, 0.29) is 24.0 Å². The lowest BCUT2D eigenvalue weighted by molar-refractivity contribution is -0.388. The molecule has 1 aliphatic heterocycles. The fourth-order valence-corrected chi connectivity index (χ4v) is 2.80. The van der Waals surface area contributed by atoms with Gasteiger partial charge in [-0.25, -0.2) is 0 Å². The zero-order valence-electron chi connectivity index (χ0n) is 9.94. The molecule has 0 spiro atoms. The number of nitrogens with zero attached hydrogens (tertiary/aromatic N) is 3. The molecule has 1 aromatic rings. The number of imidazole rings is 1. The van der Waals surface area contributed by atoms with Crippen LogP contribution in [0.25, 0.3) is 0 Å². The quantitative estimate of drug-likeness (QED) is 0.573. The standard InChI is InChI=1S/C10H15N5O3/c1-14-4-12-9(15(16)17)10(14)13-7-6(11)5-2-3-18-8(5)7/h4-8,13H,2-3,11H2,1H3. The minimum atomic E-state index is -0.500. The van der Waals surface area contributed by atoms with Gasteiger partial charge in [0.15, 0.2) is 0 Å². The average Bonchev–Trinajstić information content (AvgIpc) is 2.90. The molecule has 1 saturated carbocycles. The summed E-state index contributed by atoms with van der Waals surface area (Å²) >= 11 is 0. The van der Waals surface area contributed by atoms with Gasteiger partial charge in [-0.2, -0.15) is 0 Å². The number of rotatable bonds is 3. The van der Waals surface area contributed by atoms with E-state index < -0.39 is 4.92 Å². The van der Waals surface area contributed by atoms with Crippen LogP contribution in [0.5, 0.6) is 0 Å². The molecule has 1 aromatic heterocycles. The van der Waals surface area contributed by atoms with Crippen molar-refractivity contribution in [2.45, 2.75) is 24.6 Å². The number of fused-ring (bicyclic) bond motifs is 1. The zero-order chi connectivity index (χ0) is 12.9. The van der Waals surface area contributed by atoms with Crippen molar-refractivity contribution in [3.63, 3.8) is 0 Å². The Kier molecular flexibility index (Phi) is 2.49. The van der Waals surface area contributed by atoms with E-state index in [9.17, 15) is 10.1 Å². The molecule has 98 valence electrons. The normalized spacial score (nSPS) is 33.9. The van der Waals surface area contributed by atoms with Crippen LogP contribution >= 0.6 is 0 Å². The summed E-state index contributed by atoms with van der Waals surface area (Å²) in [7, 11) is 1.71. The second kappa shape index (κ2) is 3.92. The molecular formula is C10H15N5O3. The molecule has 4 unspecified atom stereocenters. The average molecular weight is 253 g/mol. The predicted octanol–water partition coefficient (Wildman–Crippen LogP) is -0.145. The number of hydrogen-bond acceptors (Lipinski definition) is 6. The van der Waals surface area contributed by atoms with Gasteiger partial charge in [0.1, 0.15) is 0 Å². The first-order chi connectivity index (χ1) is 8.59. The molecule has 4 atom stereocenters. The van der Waals surface area contributed by atoms with Gasteiger partial charge in [0.2, 0.25) is 12.1 Å². The monoisotopic (exact) mass is 253 g/mol. The van der Waals surface area contributed by atoms with Crippen LogP contribution in [0, 0.1) is 16.0 Å². The molecule has 2 aliphatic rings. The first-order valence-electron chi connectivity index (χ1n) is 5.89. The molecule has 3 rings (SSSR count). The van der Waals surface area contributed by atoms with Gasteiger partial charge in [-0.05, 0) is 16.3 Å². The van der Waals surface area contributed by atoms with E-state index in [4.69, 9.17) is 10.5 Å². The van der Waals surface area contributed by atoms with E-state index in [0.29, 0.717) is 18.3 Å². The van der Waals surface area contributed by atoms with E-state index in [2.05, 4.69) is 10.3 Å². The molecule has 1 saturated heterocycles. The molecule has 18 heavy (non-hydrogen) atoms. The summed E-state index contributed by atoms with van der Waals surface area (Å²) in [4.78, 5) is 14.1. The van der Waals surface area contributed by atoms with Crippen molar-refractivity contribution in [2.75, 3.05) is 11.9 Å². The number of aromatic nitrogens is 2. The number of anilines is 1. The fourth-order valence-electron chi connectivity index (χ4n) is 2.80. The summed E-state index contributed by atoms with van der Waals surface area (Å²) in [6, 6.07) is -0.0985. The van der Waals surface area contributed by atoms with E-state index >= 15 is 0 Å². The first-order valence-corrected chi connectivity index (χ1v) is 5.89. The second-order valence-corrected chi connectivity index (χ2v) is 4.82. The summed E-state index contributed by atoms with van der Waals surface area (Å²) in [5.74, 6) is 0.579. The summed E-state index contributed by atoms with van der Waals surface area (Å²) in [5, 5.41) is 14.0. The Hall–Kier alpha value is -1.67. The first kappa shape index (κ1) is 11.4. The minimum Gasteiger partial charge on any atom is -0.376 e. The molecule has 2 fully saturated rings. The van der Waals surface area contributed by atoms with Crippen LogP contribution in [0.2, 0.25) is 0 Å². The third kappa shape index (κ3) is 1.49. The molecule has 8 heteroatoms. The lowest BCUT2D eigenvalue weighted by atomic mass is 9.72. The van der Waals surface area contributed by atoms with Crippen LogP contribution in [0.3, 0.4) is 0 Å². The topological polar surface area (TPSA) is 108 Å². The number of ether oxygens (including phenoxy) is 1. The van der Waals surface area contributed by atoms with Gasteiger partial charge < -0.3 is 25.9 Å². The maximum Gasteiger partial charge on any atom is 0.406 e. The van der Waals surface area contributed by atoms with Crippen LogP contribution in [-0.2, 0) is 11.8 Å². The van der Waals surface area contributed by atoms with Gasteiger partial charge in [-0.1, -0.05) is 0 Å². The van der Waals surface area contributed by atoms with E-state index in [1.54, 1.807) is 11.6 Å². The van der Waals surface area contributed by atoms with Crippen molar-refractivity contribution < 1.29 is 9.66 Å². The molecule has 0 radical (unpaired) electrons. The van der Waals surface area contributed by atoms with Gasteiger partial charge in [0.05, 0.1) is 12.1 Å². The summed E-state index contributed by atoms with van der Waals surface area (Å²) in [5.41, 5.74) is 6.06. The third-order valence-electron chi connectivity index (χ3n) is 3.84. The van der Waals surface area contributed by atoms with Crippen molar-refractivity contribution in [1.29, 1.82) is 0 Å². The largest absolute Gasteiger partial charge is 0.406 e. The Labute approximate surface area is 103 Å². The van der Waals surface area contributed by atoms with Crippen LogP contribution in [0.1, 0.15) is 6.42 Å². The SMILES string of the molecule is Cn1cnc([N+](=O)[O-])c1NC1C(N)C2CCOC21. The van der Waals surface area contributed by atoms with E-state index in [0.717, 1.165) is 6.42 Å². The molecule has 8 nitrogen and oxygen atoms in total. The molecule has 0 bridgehead atoms. The molecule has 2 heterocycles. The molecular weight excluding hydrogens is 238 g/mol. The highest BCUT2D eigenvalue weighted by Gasteiger charge is 2.52. The second-order valence-electron chi connectivity index (χ2n) is 4.82. The Morgan fingerprint density at radius 1 is 1.72 bits per heavy atom. The molecule has 0 aromatic carbocycles. The van der Waals surface area contributed by atoms with E-state index in [1.807, 2.05) is 0 Å². The highest BCUT2D eigenvalue weighted by Crippen LogP contribution is 2.40. The van der Waals surface area contributed by atoms with Gasteiger partial charge in [-0.3, -0.25) is 4.57 Å². The maximum absolute atomic E-state index is 10.9. The van der Waals surface area contributed by atoms with Gasteiger partial charge in [0, 0.05) is 25.6 Å². The molecule has 0 amide bonds. The van der Waals surface area contributed by atoms with Crippen LogP contribution in [0.15, 0.2) is 6.33 Å². The Bertz CT molecular complexity index is 488. The lowest BCUT2D eigenvalue weighted by Crippen LogP contribution is -2.65. The fraction of sp³-hybridized carbons (Fsp3) is 0.700. The van der Waals surface area contributed by atoms with Crippen molar-refractivity contribution in [2.24, 2.45) is 18.7 Å². The smallest absolute Gasteiger partial charge is 0.376 e. The number of hydrogen-bond donors (Lipinski definition) is 2. The highest BCUT2D eigenvalue weighted by molar-refractivity contribution is 5.54. The van der Waals surface area contributed by atoms with Crippen molar-refractivity contribution in [3.05, 3.63) is 16.4 Å². The predicted molar refractivity (Wildman–Crippen MR) is 63.1 cm³/mol. The Morgan fingerprint density at radius 3 is 3.22 bits per heavy atom. The van der Waals surface area contributed by atoms with Crippen LogP contribution in [-0.4, -0.2) is 39.3 Å². The molecule has 1 aliphatic carbocycles. The maximum atomic E-state index is 10.9. The number of nitro groups is 1. The highest BCUT2D eigenvalue weighted by atomic mass is 16.6. The van der Waals surface area contributed by atoms with Crippen molar-refractivity contribution in [1.82, 2.24) is 9.55 Å². The summed E-state index contributed by atoms with van der Waals surface area (Å²) in [6.07, 6.45) is 2.45. The van der Waals surface area contributed by atoms with Crippen molar-refractivity contribution in [3.8, 4) is 0 Å². The Balaban J connectivity index is 1.81. The van der Waals surface area contributed by atoms with Gasteiger partial charge >= 0.3 is 5.82 Å². The third-order valence-corrected chi connectivity index (χ3v) is 3.84. The zero-order valence-corrected chi connectivity index (χ0v) is 9.94. The van der Waals surface area contributed by atoms with E-state index in [1.165, 1.54) is 6.33 Å². The van der Waals surface area contributed by atoms with Gasteiger partial charge in [0.25, 0.3) is 0 Å². The van der Waals surface area contributed by atoms with Crippen LogP contribution < -0.4 is 11.1 Å². The van der Waals surface area contributed by atoms with Crippen LogP contribution in [0.4, 0.5) is 11.6 Å². The lowest BCUT2D eigenvalue weighted by Gasteiger charge is -2.45. The number of nitrogens with one attached hydrogen (secondary N) is 1. The number of nitrogens with two attached hydrogens (primary N) is 1. The molecule has 3 N–H and O–H groups in total.